The summed E-state index contributed by atoms with van der Waals surface area (Å²) in [7, 11) is 0. The summed E-state index contributed by atoms with van der Waals surface area (Å²) in [4.78, 5) is 74.4. The normalized spacial score (nSPS) is 20.5. The van der Waals surface area contributed by atoms with Crippen LogP contribution in [0.25, 0.3) is 0 Å². The zero-order valence-corrected chi connectivity index (χ0v) is 17.3. The summed E-state index contributed by atoms with van der Waals surface area (Å²) in [6.45, 7) is 0. The first-order chi connectivity index (χ1) is 16.1. The van der Waals surface area contributed by atoms with Crippen molar-refractivity contribution in [2.45, 2.75) is 24.9 Å². The van der Waals surface area contributed by atoms with E-state index in [-0.39, 0.29) is 22.5 Å². The van der Waals surface area contributed by atoms with E-state index in [9.17, 15) is 34.0 Å². The minimum absolute atomic E-state index is 0.0466. The van der Waals surface area contributed by atoms with Crippen LogP contribution in [-0.4, -0.2) is 68.1 Å². The van der Waals surface area contributed by atoms with Crippen molar-refractivity contribution in [1.29, 1.82) is 0 Å². The van der Waals surface area contributed by atoms with Crippen LogP contribution < -0.4 is 9.80 Å². The molecule has 2 heterocycles. The maximum absolute atomic E-state index is 12.9. The number of anilines is 2. The fraction of sp³-hybridized carbons (Fsp3) is 0.182. The molecule has 12 heteroatoms. The first-order valence-corrected chi connectivity index (χ1v) is 9.97. The lowest BCUT2D eigenvalue weighted by molar-refractivity contribution is -0.172. The number of imide groups is 2. The predicted octanol–water partition coefficient (Wildman–Crippen LogP) is 0.738. The second-order valence-electron chi connectivity index (χ2n) is 7.66. The van der Waals surface area contributed by atoms with E-state index >= 15 is 0 Å². The van der Waals surface area contributed by atoms with Crippen molar-refractivity contribution >= 4 is 46.9 Å². The number of hydroxylamine groups is 2. The quantitative estimate of drug-likeness (QED) is 0.406. The minimum atomic E-state index is -1.43. The average molecular weight is 467 g/mol. The monoisotopic (exact) mass is 467 g/mol. The minimum Gasteiger partial charge on any atom is -0.478 e. The molecule has 2 fully saturated rings. The zero-order valence-electron chi connectivity index (χ0n) is 17.3. The summed E-state index contributed by atoms with van der Waals surface area (Å²) in [6.07, 6.45) is -0.914. The Morgan fingerprint density at radius 2 is 1.00 bits per heavy atom. The maximum atomic E-state index is 12.9. The standard InChI is InChI=1S/C22H17N3O9/c26-17-9-15(19(28)23(17)13-5-1-11(2-6-13)21(30)31)25(34)16-10-18(27)24(20(16)29)14-7-3-12(4-8-14)22(32)33/h1-8,15-16,34H,9-10H2,(H,30,31)(H,32,33)/t15-,16-/m1/s1. The molecule has 2 aromatic rings. The van der Waals surface area contributed by atoms with Crippen molar-refractivity contribution in [3.8, 4) is 0 Å². The van der Waals surface area contributed by atoms with Crippen molar-refractivity contribution in [2.24, 2.45) is 0 Å². The Hall–Kier alpha value is -4.42. The van der Waals surface area contributed by atoms with Crippen LogP contribution in [0.2, 0.25) is 0 Å². The highest BCUT2D eigenvalue weighted by Crippen LogP contribution is 2.31. The van der Waals surface area contributed by atoms with E-state index in [0.717, 1.165) is 9.80 Å². The van der Waals surface area contributed by atoms with E-state index < -0.39 is 60.5 Å². The number of hydrogen-bond donors (Lipinski definition) is 3. The number of nitrogens with zero attached hydrogens (tertiary/aromatic N) is 3. The lowest BCUT2D eigenvalue weighted by atomic mass is 10.1. The number of aromatic carboxylic acids is 2. The molecular formula is C22H17N3O9. The molecule has 2 atom stereocenters. The predicted molar refractivity (Wildman–Crippen MR) is 112 cm³/mol. The second kappa shape index (κ2) is 8.50. The molecule has 0 unspecified atom stereocenters. The van der Waals surface area contributed by atoms with E-state index in [1.807, 2.05) is 0 Å². The summed E-state index contributed by atoms with van der Waals surface area (Å²) < 4.78 is 0. The number of carboxylic acids is 2. The summed E-state index contributed by atoms with van der Waals surface area (Å²) >= 11 is 0. The average Bonchev–Trinajstić information content (AvgIpc) is 3.27. The molecule has 0 saturated carbocycles. The number of amides is 4. The molecule has 4 amide bonds. The van der Waals surface area contributed by atoms with Gasteiger partial charge < -0.3 is 15.4 Å². The Morgan fingerprint density at radius 3 is 1.29 bits per heavy atom. The van der Waals surface area contributed by atoms with Crippen LogP contribution in [0.4, 0.5) is 11.4 Å². The van der Waals surface area contributed by atoms with Crippen LogP contribution in [0.15, 0.2) is 48.5 Å². The summed E-state index contributed by atoms with van der Waals surface area (Å²) in [6, 6.07) is 7.11. The highest BCUT2D eigenvalue weighted by molar-refractivity contribution is 6.24. The molecule has 2 aliphatic rings. The van der Waals surface area contributed by atoms with Crippen molar-refractivity contribution < 1.29 is 44.2 Å². The smallest absolute Gasteiger partial charge is 0.335 e. The van der Waals surface area contributed by atoms with E-state index in [2.05, 4.69) is 0 Å². The van der Waals surface area contributed by atoms with Crippen molar-refractivity contribution in [3.63, 3.8) is 0 Å². The summed E-state index contributed by atoms with van der Waals surface area (Å²) in [5.74, 6) is -5.38. The summed E-state index contributed by atoms with van der Waals surface area (Å²) in [5.41, 5.74) is 0.110. The molecule has 2 aliphatic heterocycles. The van der Waals surface area contributed by atoms with E-state index in [4.69, 9.17) is 10.2 Å². The molecule has 2 aromatic carbocycles. The molecule has 0 spiro atoms. The Balaban J connectivity index is 1.53. The third-order valence-electron chi connectivity index (χ3n) is 5.63. The van der Waals surface area contributed by atoms with Crippen LogP contribution >= 0.6 is 0 Å². The lowest BCUT2D eigenvalue weighted by Gasteiger charge is -2.25. The van der Waals surface area contributed by atoms with Gasteiger partial charge in [0, 0.05) is 0 Å². The Kier molecular flexibility index (Phi) is 5.69. The zero-order chi connectivity index (χ0) is 24.7. The molecule has 4 rings (SSSR count). The first-order valence-electron chi connectivity index (χ1n) is 9.97. The summed E-state index contributed by atoms with van der Waals surface area (Å²) in [5, 5.41) is 29.1. The third-order valence-corrected chi connectivity index (χ3v) is 5.63. The van der Waals surface area contributed by atoms with Gasteiger partial charge in [-0.05, 0) is 48.5 Å². The Morgan fingerprint density at radius 1 is 0.676 bits per heavy atom. The molecule has 2 saturated heterocycles. The van der Waals surface area contributed by atoms with Crippen molar-refractivity contribution in [3.05, 3.63) is 59.7 Å². The van der Waals surface area contributed by atoms with Gasteiger partial charge in [0.15, 0.2) is 0 Å². The molecule has 0 aromatic heterocycles. The highest BCUT2D eigenvalue weighted by Gasteiger charge is 2.50. The first kappa shape index (κ1) is 22.8. The number of benzene rings is 2. The maximum Gasteiger partial charge on any atom is 0.335 e. The van der Waals surface area contributed by atoms with Crippen LogP contribution in [0.1, 0.15) is 33.6 Å². The topological polar surface area (TPSA) is 173 Å². The van der Waals surface area contributed by atoms with E-state index in [0.29, 0.717) is 5.06 Å². The molecule has 34 heavy (non-hydrogen) atoms. The SMILES string of the molecule is O=C(O)c1ccc(N2C(=O)C[C@@H](N(O)[C@@H]3CC(=O)N(c4ccc(C(=O)O)cc4)C3=O)C2=O)cc1. The molecule has 0 aliphatic carbocycles. The van der Waals surface area contributed by atoms with Gasteiger partial charge in [0.05, 0.1) is 35.3 Å². The largest absolute Gasteiger partial charge is 0.478 e. The van der Waals surface area contributed by atoms with Gasteiger partial charge in [-0.2, -0.15) is 5.06 Å². The Bertz CT molecular complexity index is 1130. The van der Waals surface area contributed by atoms with Gasteiger partial charge in [0.2, 0.25) is 11.8 Å². The second-order valence-corrected chi connectivity index (χ2v) is 7.66. The van der Waals surface area contributed by atoms with Gasteiger partial charge >= 0.3 is 11.9 Å². The number of carbonyl (C=O) groups is 6. The number of carboxylic acid groups (broad SMARTS) is 2. The van der Waals surface area contributed by atoms with Crippen molar-refractivity contribution in [1.82, 2.24) is 5.06 Å². The molecule has 3 N–H and O–H groups in total. The van der Waals surface area contributed by atoms with Crippen LogP contribution in [-0.2, 0) is 19.2 Å². The molecule has 174 valence electrons. The van der Waals surface area contributed by atoms with Crippen LogP contribution in [0.5, 0.6) is 0 Å². The van der Waals surface area contributed by atoms with Crippen molar-refractivity contribution in [2.75, 3.05) is 9.80 Å². The van der Waals surface area contributed by atoms with Crippen LogP contribution in [0.3, 0.4) is 0 Å². The number of hydrogen-bond acceptors (Lipinski definition) is 8. The number of carbonyl (C=O) groups excluding carboxylic acids is 4. The van der Waals surface area contributed by atoms with Gasteiger partial charge in [-0.3, -0.25) is 19.2 Å². The Labute approximate surface area is 191 Å². The van der Waals surface area contributed by atoms with Gasteiger partial charge in [0.1, 0.15) is 12.1 Å². The van der Waals surface area contributed by atoms with E-state index in [1.54, 1.807) is 0 Å². The molecule has 0 bridgehead atoms. The van der Waals surface area contributed by atoms with Crippen LogP contribution in [0, 0.1) is 0 Å². The lowest BCUT2D eigenvalue weighted by Crippen LogP contribution is -2.49. The number of rotatable bonds is 6. The fourth-order valence-corrected chi connectivity index (χ4v) is 3.91. The van der Waals surface area contributed by atoms with Gasteiger partial charge in [0.25, 0.3) is 11.8 Å². The fourth-order valence-electron chi connectivity index (χ4n) is 3.91. The molecule has 0 radical (unpaired) electrons. The van der Waals surface area contributed by atoms with Gasteiger partial charge in [-0.25, -0.2) is 19.4 Å². The third kappa shape index (κ3) is 3.80. The highest BCUT2D eigenvalue weighted by atomic mass is 16.5. The molecular weight excluding hydrogens is 450 g/mol. The van der Waals surface area contributed by atoms with Gasteiger partial charge in [-0.1, -0.05) is 0 Å². The van der Waals surface area contributed by atoms with Gasteiger partial charge in [-0.15, -0.1) is 0 Å². The molecule has 12 nitrogen and oxygen atoms in total. The van der Waals surface area contributed by atoms with E-state index in [1.165, 1.54) is 48.5 Å².